The predicted molar refractivity (Wildman–Crippen MR) is 57.4 cm³/mol. The van der Waals surface area contributed by atoms with E-state index in [4.69, 9.17) is 5.73 Å². The van der Waals surface area contributed by atoms with E-state index in [1.54, 1.807) is 0 Å². The molecule has 11 heavy (non-hydrogen) atoms. The van der Waals surface area contributed by atoms with Crippen LogP contribution in [0.3, 0.4) is 0 Å². The molecule has 0 saturated heterocycles. The van der Waals surface area contributed by atoms with Crippen LogP contribution in [-0.4, -0.2) is 6.54 Å². The van der Waals surface area contributed by atoms with E-state index in [1.807, 2.05) is 8.93 Å². The molecule has 60 valence electrons. The minimum atomic E-state index is 0.0157. The van der Waals surface area contributed by atoms with E-state index in [1.165, 1.54) is 16.2 Å². The van der Waals surface area contributed by atoms with Crippen molar-refractivity contribution in [2.45, 2.75) is 12.8 Å². The molecule has 0 bridgehead atoms. The normalized spacial score (nSPS) is 22.8. The van der Waals surface area contributed by atoms with E-state index in [0.29, 0.717) is 6.54 Å². The maximum atomic E-state index is 5.62. The van der Waals surface area contributed by atoms with Crippen LogP contribution >= 0.6 is 28.6 Å². The van der Waals surface area contributed by atoms with Gasteiger partial charge in [-0.15, -0.1) is 0 Å². The largest absolute Gasteiger partial charge is 0.327 e. The fourth-order valence-electron chi connectivity index (χ4n) is 1.22. The van der Waals surface area contributed by atoms with E-state index in [2.05, 4.69) is 9.22 Å². The molecule has 0 spiro atoms. The minimum absolute atomic E-state index is 0.0157. The van der Waals surface area contributed by atoms with Crippen molar-refractivity contribution in [3.63, 3.8) is 0 Å². The third-order valence-electron chi connectivity index (χ3n) is 1.83. The van der Waals surface area contributed by atoms with Gasteiger partial charge in [0.25, 0.3) is 0 Å². The van der Waals surface area contributed by atoms with Crippen molar-refractivity contribution in [1.29, 1.82) is 0 Å². The number of nitrogens with two attached hydrogens (primary N) is 1. The maximum Gasteiger partial charge on any atom is 0.0842 e. The van der Waals surface area contributed by atoms with Gasteiger partial charge in [-0.1, -0.05) is 6.08 Å². The molecule has 0 fully saturated rings. The van der Waals surface area contributed by atoms with E-state index in [-0.39, 0.29) is 19.6 Å². The summed E-state index contributed by atoms with van der Waals surface area (Å²) >= 11 is 0.0157. The summed E-state index contributed by atoms with van der Waals surface area (Å²) in [5.41, 5.74) is 8.23. The molecule has 2 rings (SSSR count). The zero-order valence-corrected chi connectivity index (χ0v) is 8.98. The van der Waals surface area contributed by atoms with Crippen molar-refractivity contribution in [1.82, 2.24) is 0 Å². The van der Waals surface area contributed by atoms with Crippen LogP contribution < -0.4 is 5.73 Å². The van der Waals surface area contributed by atoms with Crippen molar-refractivity contribution in [3.05, 3.63) is 22.3 Å². The number of nitrogens with zero attached hydrogens (tertiary/aromatic N) is 1. The summed E-state index contributed by atoms with van der Waals surface area (Å²) in [6, 6.07) is 0. The highest BCUT2D eigenvalue weighted by Gasteiger charge is 2.18. The van der Waals surface area contributed by atoms with Gasteiger partial charge in [-0.2, -0.15) is 0 Å². The first-order valence-electron chi connectivity index (χ1n) is 3.56. The topological polar surface area (TPSA) is 38.4 Å². The standard InChI is InChI=1S/C7H9IN2S/c9-4-5-2-1-3-6-7(5)10-8-11-6/h3H,1-2,4,9H2. The van der Waals surface area contributed by atoms with Gasteiger partial charge in [-0.05, 0) is 27.3 Å². The highest BCUT2D eigenvalue weighted by atomic mass is 127. The molecule has 0 unspecified atom stereocenters. The quantitative estimate of drug-likeness (QED) is 0.750. The van der Waals surface area contributed by atoms with Gasteiger partial charge in [-0.25, -0.2) is 3.15 Å². The second-order valence-corrected chi connectivity index (χ2v) is 6.21. The summed E-state index contributed by atoms with van der Waals surface area (Å²) in [5.74, 6) is 0. The van der Waals surface area contributed by atoms with Crippen molar-refractivity contribution >= 4 is 28.6 Å². The lowest BCUT2D eigenvalue weighted by Gasteiger charge is -2.11. The summed E-state index contributed by atoms with van der Waals surface area (Å²) in [7, 11) is 1.94. The number of hydrogen-bond donors (Lipinski definition) is 1. The van der Waals surface area contributed by atoms with Gasteiger partial charge in [0.1, 0.15) is 0 Å². The van der Waals surface area contributed by atoms with Crippen molar-refractivity contribution in [3.8, 4) is 0 Å². The maximum absolute atomic E-state index is 5.62. The Bertz CT molecular complexity index is 268. The molecular formula is C7H9IN2S. The fraction of sp³-hybridized carbons (Fsp3) is 0.429. The van der Waals surface area contributed by atoms with Gasteiger partial charge in [-0.3, -0.25) is 0 Å². The Kier molecular flexibility index (Phi) is 2.43. The second-order valence-electron chi connectivity index (χ2n) is 2.49. The first-order valence-corrected chi connectivity index (χ1v) is 7.89. The molecule has 2 nitrogen and oxygen atoms in total. The molecule has 1 aliphatic heterocycles. The zero-order chi connectivity index (χ0) is 7.68. The number of fused-ring (bicyclic) bond motifs is 1. The number of allylic oxidation sites excluding steroid dienone is 1. The van der Waals surface area contributed by atoms with E-state index in [0.717, 1.165) is 12.8 Å². The van der Waals surface area contributed by atoms with Gasteiger partial charge < -0.3 is 5.73 Å². The number of rotatable bonds is 1. The van der Waals surface area contributed by atoms with Gasteiger partial charge in [0.05, 0.1) is 25.3 Å². The van der Waals surface area contributed by atoms with Crippen LogP contribution in [0.2, 0.25) is 0 Å². The molecule has 0 atom stereocenters. The third-order valence-corrected chi connectivity index (χ3v) is 5.58. The first kappa shape index (κ1) is 7.94. The van der Waals surface area contributed by atoms with Crippen LogP contribution in [0, 0.1) is 0 Å². The zero-order valence-electron chi connectivity index (χ0n) is 6.01. The molecule has 0 aromatic heterocycles. The highest BCUT2D eigenvalue weighted by Crippen LogP contribution is 2.48. The summed E-state index contributed by atoms with van der Waals surface area (Å²) < 4.78 is 4.51. The van der Waals surface area contributed by atoms with E-state index < -0.39 is 0 Å². The lowest BCUT2D eigenvalue weighted by Crippen LogP contribution is -2.07. The molecule has 2 N–H and O–H groups in total. The Labute approximate surface area is 78.9 Å². The third kappa shape index (κ3) is 1.43. The van der Waals surface area contributed by atoms with E-state index >= 15 is 0 Å². The summed E-state index contributed by atoms with van der Waals surface area (Å²) in [5, 5.41) is 0. The molecule has 0 saturated carbocycles. The molecule has 0 radical (unpaired) electrons. The van der Waals surface area contributed by atoms with Crippen molar-refractivity contribution in [2.75, 3.05) is 6.54 Å². The fourth-order valence-corrected chi connectivity index (χ4v) is 5.30. The Morgan fingerprint density at radius 3 is 3.45 bits per heavy atom. The van der Waals surface area contributed by atoms with Crippen LogP contribution in [0.4, 0.5) is 0 Å². The first-order chi connectivity index (χ1) is 5.42. The van der Waals surface area contributed by atoms with Crippen LogP contribution in [-0.2, 0) is 0 Å². The van der Waals surface area contributed by atoms with Gasteiger partial charge in [0, 0.05) is 11.4 Å². The lowest BCUT2D eigenvalue weighted by atomic mass is 10.0. The van der Waals surface area contributed by atoms with Crippen LogP contribution in [0.25, 0.3) is 0 Å². The van der Waals surface area contributed by atoms with Gasteiger partial charge >= 0.3 is 0 Å². The molecular weight excluding hydrogens is 271 g/mol. The van der Waals surface area contributed by atoms with Gasteiger partial charge in [0.2, 0.25) is 0 Å². The molecule has 0 aromatic carbocycles. The van der Waals surface area contributed by atoms with Crippen LogP contribution in [0.1, 0.15) is 12.8 Å². The Morgan fingerprint density at radius 1 is 1.73 bits per heavy atom. The molecule has 1 heterocycles. The average molecular weight is 280 g/mol. The van der Waals surface area contributed by atoms with Crippen LogP contribution in [0.5, 0.6) is 0 Å². The Hall–Kier alpha value is 0.320. The smallest absolute Gasteiger partial charge is 0.0842 e. The Balaban J connectivity index is 2.39. The van der Waals surface area contributed by atoms with E-state index in [9.17, 15) is 0 Å². The summed E-state index contributed by atoms with van der Waals surface area (Å²) in [6.45, 7) is 0.695. The summed E-state index contributed by atoms with van der Waals surface area (Å²) in [6.07, 6.45) is 4.59. The number of hydrogen-bond acceptors (Lipinski definition) is 3. The number of halogens is 1. The van der Waals surface area contributed by atoms with Crippen molar-refractivity contribution < 1.29 is 0 Å². The van der Waals surface area contributed by atoms with Crippen molar-refractivity contribution in [2.24, 2.45) is 8.88 Å². The molecule has 2 aliphatic rings. The second kappa shape index (κ2) is 3.37. The monoisotopic (exact) mass is 280 g/mol. The molecule has 0 amide bonds. The van der Waals surface area contributed by atoms with Crippen LogP contribution in [0.15, 0.2) is 25.4 Å². The predicted octanol–water partition coefficient (Wildman–Crippen LogP) is 2.69. The molecule has 1 aliphatic carbocycles. The SMILES string of the molecule is NCC1=C2N=ISC2=CCC1. The average Bonchev–Trinajstić information content (AvgIpc) is 2.50. The highest BCUT2D eigenvalue weighted by molar-refractivity contribution is 14.2. The Morgan fingerprint density at radius 2 is 2.64 bits per heavy atom. The molecule has 4 heteroatoms. The molecule has 0 aromatic rings. The van der Waals surface area contributed by atoms with Gasteiger partial charge in [0.15, 0.2) is 0 Å². The summed E-state index contributed by atoms with van der Waals surface area (Å²) in [4.78, 5) is 1.41. The lowest BCUT2D eigenvalue weighted by molar-refractivity contribution is 0.890. The minimum Gasteiger partial charge on any atom is -0.327 e.